The Morgan fingerprint density at radius 1 is 1.00 bits per heavy atom. The van der Waals surface area contributed by atoms with Gasteiger partial charge in [-0.2, -0.15) is 0 Å². The van der Waals surface area contributed by atoms with E-state index < -0.39 is 11.6 Å². The molecule has 0 saturated carbocycles. The normalized spacial score (nSPS) is 10.3. The summed E-state index contributed by atoms with van der Waals surface area (Å²) in [7, 11) is 0. The second-order valence-corrected chi connectivity index (χ2v) is 3.75. The van der Waals surface area contributed by atoms with Gasteiger partial charge in [0.25, 0.3) is 0 Å². The Labute approximate surface area is 97.6 Å². The molecule has 0 amide bonds. The van der Waals surface area contributed by atoms with Gasteiger partial charge in [-0.1, -0.05) is 6.07 Å². The number of benzene rings is 2. The summed E-state index contributed by atoms with van der Waals surface area (Å²) in [5.74, 6) is -0.921. The number of anilines is 1. The number of halogens is 2. The summed E-state index contributed by atoms with van der Waals surface area (Å²) in [6.07, 6.45) is 0. The number of rotatable bonds is 2. The Morgan fingerprint density at radius 3 is 2.24 bits per heavy atom. The zero-order valence-electron chi connectivity index (χ0n) is 9.21. The third-order valence-corrected chi connectivity index (χ3v) is 2.23. The van der Waals surface area contributed by atoms with Crippen molar-refractivity contribution in [1.29, 1.82) is 0 Å². The molecule has 0 radical (unpaired) electrons. The minimum Gasteiger partial charge on any atom is -0.455 e. The molecule has 2 rings (SSSR count). The summed E-state index contributed by atoms with van der Waals surface area (Å²) in [4.78, 5) is 0. The maximum Gasteiger partial charge on any atom is 0.150 e. The first-order valence-corrected chi connectivity index (χ1v) is 5.04. The highest BCUT2D eigenvalue weighted by atomic mass is 19.1. The van der Waals surface area contributed by atoms with Crippen molar-refractivity contribution in [2.45, 2.75) is 6.92 Å². The van der Waals surface area contributed by atoms with Gasteiger partial charge in [-0.15, -0.1) is 0 Å². The van der Waals surface area contributed by atoms with E-state index in [2.05, 4.69) is 0 Å². The van der Waals surface area contributed by atoms with Crippen molar-refractivity contribution in [3.8, 4) is 11.5 Å². The third-order valence-electron chi connectivity index (χ3n) is 2.23. The van der Waals surface area contributed by atoms with Gasteiger partial charge in [0.1, 0.15) is 23.1 Å². The van der Waals surface area contributed by atoms with Crippen LogP contribution in [0.25, 0.3) is 0 Å². The Hall–Kier alpha value is -2.10. The number of nitrogens with two attached hydrogens (primary N) is 1. The highest BCUT2D eigenvalue weighted by Crippen LogP contribution is 2.28. The van der Waals surface area contributed by atoms with Gasteiger partial charge in [0.05, 0.1) is 5.69 Å². The molecule has 0 aliphatic rings. The first-order chi connectivity index (χ1) is 8.04. The number of aryl methyl sites for hydroxylation is 1. The predicted molar refractivity (Wildman–Crippen MR) is 62.0 cm³/mol. The lowest BCUT2D eigenvalue weighted by molar-refractivity contribution is 0.470. The van der Waals surface area contributed by atoms with Crippen molar-refractivity contribution in [3.05, 3.63) is 53.6 Å². The lowest BCUT2D eigenvalue weighted by Gasteiger charge is -2.09. The highest BCUT2D eigenvalue weighted by molar-refractivity contribution is 5.55. The van der Waals surface area contributed by atoms with Gasteiger partial charge < -0.3 is 10.5 Å². The predicted octanol–water partition coefficient (Wildman–Crippen LogP) is 3.65. The highest BCUT2D eigenvalue weighted by Gasteiger charge is 2.05. The number of ether oxygens (including phenoxy) is 1. The average Bonchev–Trinajstić information content (AvgIpc) is 2.21. The van der Waals surface area contributed by atoms with Crippen LogP contribution < -0.4 is 10.5 Å². The molecule has 2 aromatic carbocycles. The van der Waals surface area contributed by atoms with Gasteiger partial charge in [0.2, 0.25) is 0 Å². The minimum atomic E-state index is -0.689. The van der Waals surface area contributed by atoms with Crippen LogP contribution in [-0.4, -0.2) is 0 Å². The van der Waals surface area contributed by atoms with E-state index in [-0.39, 0.29) is 5.75 Å². The Morgan fingerprint density at radius 2 is 1.65 bits per heavy atom. The van der Waals surface area contributed by atoms with Crippen LogP contribution in [0.5, 0.6) is 11.5 Å². The van der Waals surface area contributed by atoms with Crippen LogP contribution in [-0.2, 0) is 0 Å². The summed E-state index contributed by atoms with van der Waals surface area (Å²) in [6.45, 7) is 1.89. The van der Waals surface area contributed by atoms with Crippen LogP contribution in [0.15, 0.2) is 36.4 Å². The van der Waals surface area contributed by atoms with E-state index in [9.17, 15) is 8.78 Å². The van der Waals surface area contributed by atoms with E-state index >= 15 is 0 Å². The maximum absolute atomic E-state index is 12.9. The van der Waals surface area contributed by atoms with Gasteiger partial charge in [0.15, 0.2) is 0 Å². The first kappa shape index (κ1) is 11.4. The summed E-state index contributed by atoms with van der Waals surface area (Å²) in [5, 5.41) is 0. The van der Waals surface area contributed by atoms with Gasteiger partial charge in [0, 0.05) is 18.2 Å². The maximum atomic E-state index is 12.9. The molecule has 0 saturated heterocycles. The van der Waals surface area contributed by atoms with Crippen LogP contribution in [0.2, 0.25) is 0 Å². The number of nitrogen functional groups attached to an aromatic ring is 1. The smallest absolute Gasteiger partial charge is 0.150 e. The van der Waals surface area contributed by atoms with Gasteiger partial charge in [-0.05, 0) is 24.6 Å². The van der Waals surface area contributed by atoms with Crippen LogP contribution in [0.1, 0.15) is 5.56 Å². The molecule has 0 fully saturated rings. The molecule has 0 aromatic heterocycles. The molecule has 0 aliphatic carbocycles. The lowest BCUT2D eigenvalue weighted by Crippen LogP contribution is -1.93. The minimum absolute atomic E-state index is 0.0815. The molecule has 88 valence electrons. The van der Waals surface area contributed by atoms with Gasteiger partial charge in [-0.3, -0.25) is 0 Å². The van der Waals surface area contributed by atoms with Crippen LogP contribution >= 0.6 is 0 Å². The van der Waals surface area contributed by atoms with Crippen molar-refractivity contribution in [2.75, 3.05) is 5.73 Å². The lowest BCUT2D eigenvalue weighted by atomic mass is 10.2. The fraction of sp³-hybridized carbons (Fsp3) is 0.0769. The number of hydrogen-bond acceptors (Lipinski definition) is 2. The second-order valence-electron chi connectivity index (χ2n) is 3.75. The summed E-state index contributed by atoms with van der Waals surface area (Å²) in [5.41, 5.74) is 7.14. The van der Waals surface area contributed by atoms with Crippen molar-refractivity contribution in [3.63, 3.8) is 0 Å². The van der Waals surface area contributed by atoms with Crippen LogP contribution in [0.4, 0.5) is 14.5 Å². The molecule has 2 aromatic rings. The molecule has 4 heteroatoms. The Kier molecular flexibility index (Phi) is 2.95. The van der Waals surface area contributed by atoms with Crippen molar-refractivity contribution in [2.24, 2.45) is 0 Å². The molecular weight excluding hydrogens is 224 g/mol. The van der Waals surface area contributed by atoms with E-state index in [0.29, 0.717) is 11.4 Å². The van der Waals surface area contributed by atoms with E-state index in [1.807, 2.05) is 6.92 Å². The number of hydrogen-bond donors (Lipinski definition) is 1. The summed E-state index contributed by atoms with van der Waals surface area (Å²) in [6, 6.07) is 8.18. The van der Waals surface area contributed by atoms with Crippen molar-refractivity contribution < 1.29 is 13.5 Å². The zero-order chi connectivity index (χ0) is 12.4. The zero-order valence-corrected chi connectivity index (χ0v) is 9.21. The Bertz CT molecular complexity index is 535. The summed E-state index contributed by atoms with van der Waals surface area (Å²) < 4.78 is 31.2. The topological polar surface area (TPSA) is 35.2 Å². The third kappa shape index (κ3) is 2.72. The van der Waals surface area contributed by atoms with E-state index in [4.69, 9.17) is 10.5 Å². The van der Waals surface area contributed by atoms with Crippen LogP contribution in [0, 0.1) is 18.6 Å². The van der Waals surface area contributed by atoms with Gasteiger partial charge >= 0.3 is 0 Å². The first-order valence-electron chi connectivity index (χ1n) is 5.04. The van der Waals surface area contributed by atoms with Crippen LogP contribution in [0.3, 0.4) is 0 Å². The van der Waals surface area contributed by atoms with Crippen molar-refractivity contribution >= 4 is 5.69 Å². The molecule has 0 spiro atoms. The molecule has 2 nitrogen and oxygen atoms in total. The Balaban J connectivity index is 2.31. The van der Waals surface area contributed by atoms with E-state index in [0.717, 1.165) is 23.8 Å². The van der Waals surface area contributed by atoms with Gasteiger partial charge in [-0.25, -0.2) is 8.78 Å². The molecular formula is C13H11F2NO. The molecule has 0 unspecified atom stereocenters. The monoisotopic (exact) mass is 235 g/mol. The van der Waals surface area contributed by atoms with E-state index in [1.165, 1.54) is 0 Å². The second kappa shape index (κ2) is 4.41. The van der Waals surface area contributed by atoms with E-state index in [1.54, 1.807) is 18.2 Å². The molecule has 0 atom stereocenters. The summed E-state index contributed by atoms with van der Waals surface area (Å²) >= 11 is 0. The molecule has 2 N–H and O–H groups in total. The largest absolute Gasteiger partial charge is 0.455 e. The van der Waals surface area contributed by atoms with Crippen molar-refractivity contribution in [1.82, 2.24) is 0 Å². The SMILES string of the molecule is Cc1ccc(Oc2cc(F)cc(F)c2)c(N)c1. The molecule has 0 bridgehead atoms. The molecule has 0 aliphatic heterocycles. The fourth-order valence-corrected chi connectivity index (χ4v) is 1.48. The molecule has 17 heavy (non-hydrogen) atoms. The molecule has 0 heterocycles. The quantitative estimate of drug-likeness (QED) is 0.806. The fourth-order valence-electron chi connectivity index (χ4n) is 1.48. The standard InChI is InChI=1S/C13H11F2NO/c1-8-2-3-13(12(16)4-8)17-11-6-9(14)5-10(15)7-11/h2-7H,16H2,1H3. The average molecular weight is 235 g/mol.